The van der Waals surface area contributed by atoms with E-state index < -0.39 is 22.9 Å². The van der Waals surface area contributed by atoms with Crippen LogP contribution in [0.1, 0.15) is 49.0 Å². The van der Waals surface area contributed by atoms with E-state index in [-0.39, 0.29) is 22.9 Å². The summed E-state index contributed by atoms with van der Waals surface area (Å²) in [5.74, 6) is -1.03. The summed E-state index contributed by atoms with van der Waals surface area (Å²) < 4.78 is 5.21. The normalized spacial score (nSPS) is 12.6. The van der Waals surface area contributed by atoms with Gasteiger partial charge in [0.2, 0.25) is 0 Å². The van der Waals surface area contributed by atoms with Crippen molar-refractivity contribution in [2.75, 3.05) is 17.7 Å². The fourth-order valence-corrected chi connectivity index (χ4v) is 2.80. The highest BCUT2D eigenvalue weighted by Gasteiger charge is 2.23. The van der Waals surface area contributed by atoms with Crippen molar-refractivity contribution in [3.05, 3.63) is 63.7 Å². The van der Waals surface area contributed by atoms with Crippen LogP contribution in [0.5, 0.6) is 0 Å². The van der Waals surface area contributed by atoms with Crippen molar-refractivity contribution in [2.24, 2.45) is 0 Å². The molecule has 0 radical (unpaired) electrons. The third kappa shape index (κ3) is 5.31. The standard InChI is InChI=1S/C21H25N3O5/c1-5-13(2)16-8-6-7-9-17(16)23-20(25)14(3)29-21(26)15-10-11-18(22-4)19(12-15)24(27)28/h6-14,22H,5H2,1-4H3,(H,23,25)/t13-,14-/m1/s1. The summed E-state index contributed by atoms with van der Waals surface area (Å²) in [6.07, 6.45) is -0.158. The molecule has 1 amide bonds. The van der Waals surface area contributed by atoms with Gasteiger partial charge in [-0.15, -0.1) is 0 Å². The number of nitrogens with zero attached hydrogens (tertiary/aromatic N) is 1. The van der Waals surface area contributed by atoms with Crippen LogP contribution >= 0.6 is 0 Å². The number of nitro benzene ring substituents is 1. The number of hydrogen-bond acceptors (Lipinski definition) is 6. The van der Waals surface area contributed by atoms with Crippen LogP contribution in [0.4, 0.5) is 17.1 Å². The quantitative estimate of drug-likeness (QED) is 0.388. The van der Waals surface area contributed by atoms with Gasteiger partial charge in [0.15, 0.2) is 6.10 Å². The Bertz CT molecular complexity index is 913. The van der Waals surface area contributed by atoms with Crippen molar-refractivity contribution >= 4 is 28.9 Å². The summed E-state index contributed by atoms with van der Waals surface area (Å²) in [7, 11) is 1.55. The largest absolute Gasteiger partial charge is 0.449 e. The van der Waals surface area contributed by atoms with Crippen molar-refractivity contribution in [1.29, 1.82) is 0 Å². The highest BCUT2D eigenvalue weighted by molar-refractivity contribution is 5.98. The zero-order chi connectivity index (χ0) is 21.6. The molecule has 0 aliphatic heterocycles. The minimum atomic E-state index is -1.07. The molecule has 2 aromatic rings. The van der Waals surface area contributed by atoms with Crippen LogP contribution in [0.2, 0.25) is 0 Å². The number of nitrogens with one attached hydrogen (secondary N) is 2. The summed E-state index contributed by atoms with van der Waals surface area (Å²) in [4.78, 5) is 35.4. The Hall–Kier alpha value is -3.42. The van der Waals surface area contributed by atoms with Gasteiger partial charge in [-0.1, -0.05) is 32.0 Å². The number of benzene rings is 2. The lowest BCUT2D eigenvalue weighted by Crippen LogP contribution is -2.30. The van der Waals surface area contributed by atoms with E-state index in [2.05, 4.69) is 24.5 Å². The topological polar surface area (TPSA) is 111 Å². The number of carbonyl (C=O) groups is 2. The molecule has 0 bridgehead atoms. The van der Waals surface area contributed by atoms with Crippen LogP contribution in [-0.2, 0) is 9.53 Å². The highest BCUT2D eigenvalue weighted by Crippen LogP contribution is 2.27. The second-order valence-corrected chi connectivity index (χ2v) is 6.67. The number of amides is 1. The Morgan fingerprint density at radius 2 is 1.83 bits per heavy atom. The fourth-order valence-electron chi connectivity index (χ4n) is 2.80. The highest BCUT2D eigenvalue weighted by atomic mass is 16.6. The van der Waals surface area contributed by atoms with Crippen LogP contribution < -0.4 is 10.6 Å². The van der Waals surface area contributed by atoms with Gasteiger partial charge in [-0.3, -0.25) is 14.9 Å². The van der Waals surface area contributed by atoms with Crippen molar-refractivity contribution in [1.82, 2.24) is 0 Å². The molecule has 0 aromatic heterocycles. The molecule has 2 rings (SSSR count). The number of anilines is 2. The van der Waals surface area contributed by atoms with Crippen LogP contribution in [0, 0.1) is 10.1 Å². The average Bonchev–Trinajstić information content (AvgIpc) is 2.72. The summed E-state index contributed by atoms with van der Waals surface area (Å²) in [6.45, 7) is 5.58. The van der Waals surface area contributed by atoms with E-state index in [0.717, 1.165) is 18.1 Å². The van der Waals surface area contributed by atoms with Crippen LogP contribution in [0.3, 0.4) is 0 Å². The van der Waals surface area contributed by atoms with E-state index in [9.17, 15) is 19.7 Å². The Balaban J connectivity index is 2.11. The van der Waals surface area contributed by atoms with Crippen molar-refractivity contribution < 1.29 is 19.2 Å². The molecule has 0 heterocycles. The monoisotopic (exact) mass is 399 g/mol. The first-order valence-corrected chi connectivity index (χ1v) is 9.35. The molecule has 0 aliphatic carbocycles. The Labute approximate surface area is 169 Å². The second-order valence-electron chi connectivity index (χ2n) is 6.67. The number of rotatable bonds is 8. The van der Waals surface area contributed by atoms with Gasteiger partial charge in [0.05, 0.1) is 10.5 Å². The van der Waals surface area contributed by atoms with Crippen LogP contribution in [0.15, 0.2) is 42.5 Å². The Morgan fingerprint density at radius 3 is 2.45 bits per heavy atom. The van der Waals surface area contributed by atoms with E-state index in [1.807, 2.05) is 18.2 Å². The van der Waals surface area contributed by atoms with Crippen molar-refractivity contribution in [3.8, 4) is 0 Å². The number of esters is 1. The predicted octanol–water partition coefficient (Wildman–Crippen LogP) is 4.33. The zero-order valence-corrected chi connectivity index (χ0v) is 16.9. The molecule has 2 atom stereocenters. The smallest absolute Gasteiger partial charge is 0.339 e. The van der Waals surface area contributed by atoms with E-state index in [1.54, 1.807) is 13.1 Å². The molecule has 154 valence electrons. The van der Waals surface area contributed by atoms with Crippen molar-refractivity contribution in [2.45, 2.75) is 39.2 Å². The molecule has 2 aromatic carbocycles. The predicted molar refractivity (Wildman–Crippen MR) is 111 cm³/mol. The van der Waals surface area contributed by atoms with Gasteiger partial charge in [0.25, 0.3) is 11.6 Å². The first-order chi connectivity index (χ1) is 13.8. The summed E-state index contributed by atoms with van der Waals surface area (Å²) in [5.41, 5.74) is 1.69. The minimum Gasteiger partial charge on any atom is -0.449 e. The molecule has 0 spiro atoms. The summed E-state index contributed by atoms with van der Waals surface area (Å²) in [5, 5.41) is 16.6. The molecular formula is C21H25N3O5. The van der Waals surface area contributed by atoms with Gasteiger partial charge >= 0.3 is 5.97 Å². The average molecular weight is 399 g/mol. The maximum absolute atomic E-state index is 12.5. The first-order valence-electron chi connectivity index (χ1n) is 9.35. The molecule has 29 heavy (non-hydrogen) atoms. The molecule has 8 nitrogen and oxygen atoms in total. The Kier molecular flexibility index (Phi) is 7.30. The second kappa shape index (κ2) is 9.68. The zero-order valence-electron chi connectivity index (χ0n) is 16.9. The molecular weight excluding hydrogens is 374 g/mol. The summed E-state index contributed by atoms with van der Waals surface area (Å²) in [6, 6.07) is 11.4. The first kappa shape index (κ1) is 21.9. The molecule has 0 unspecified atom stereocenters. The van der Waals surface area contributed by atoms with Crippen LogP contribution in [-0.4, -0.2) is 30.0 Å². The molecule has 8 heteroatoms. The lowest BCUT2D eigenvalue weighted by molar-refractivity contribution is -0.384. The number of nitro groups is 1. The number of ether oxygens (including phenoxy) is 1. The number of carbonyl (C=O) groups excluding carboxylic acids is 2. The minimum absolute atomic E-state index is 0.00430. The van der Waals surface area contributed by atoms with Crippen LogP contribution in [0.25, 0.3) is 0 Å². The molecule has 2 N–H and O–H groups in total. The van der Waals surface area contributed by atoms with E-state index >= 15 is 0 Å². The fraction of sp³-hybridized carbons (Fsp3) is 0.333. The van der Waals surface area contributed by atoms with E-state index in [0.29, 0.717) is 5.69 Å². The maximum Gasteiger partial charge on any atom is 0.339 e. The maximum atomic E-state index is 12.5. The van der Waals surface area contributed by atoms with Gasteiger partial charge in [-0.25, -0.2) is 4.79 Å². The van der Waals surface area contributed by atoms with E-state index in [1.165, 1.54) is 19.1 Å². The summed E-state index contributed by atoms with van der Waals surface area (Å²) >= 11 is 0. The van der Waals surface area contributed by atoms with Crippen molar-refractivity contribution in [3.63, 3.8) is 0 Å². The third-order valence-electron chi connectivity index (χ3n) is 4.71. The Morgan fingerprint density at radius 1 is 1.14 bits per heavy atom. The third-order valence-corrected chi connectivity index (χ3v) is 4.71. The number of para-hydroxylation sites is 1. The molecule has 0 saturated carbocycles. The molecule has 0 fully saturated rings. The van der Waals surface area contributed by atoms with Gasteiger partial charge < -0.3 is 15.4 Å². The van der Waals surface area contributed by atoms with Gasteiger partial charge in [0.1, 0.15) is 5.69 Å². The SMILES string of the molecule is CC[C@@H](C)c1ccccc1NC(=O)[C@@H](C)OC(=O)c1ccc(NC)c([N+](=O)[O-])c1. The molecule has 0 saturated heterocycles. The van der Waals surface area contributed by atoms with Gasteiger partial charge in [-0.2, -0.15) is 0 Å². The van der Waals surface area contributed by atoms with Gasteiger partial charge in [-0.05, 0) is 43.0 Å². The van der Waals surface area contributed by atoms with Gasteiger partial charge in [0, 0.05) is 18.8 Å². The number of hydrogen-bond donors (Lipinski definition) is 2. The lowest BCUT2D eigenvalue weighted by Gasteiger charge is -2.18. The lowest BCUT2D eigenvalue weighted by atomic mass is 9.97. The van der Waals surface area contributed by atoms with E-state index in [4.69, 9.17) is 4.74 Å². The molecule has 0 aliphatic rings.